The summed E-state index contributed by atoms with van der Waals surface area (Å²) in [5.41, 5.74) is -1.18. The van der Waals surface area contributed by atoms with Gasteiger partial charge in [-0.3, -0.25) is 0 Å². The molecule has 1 aliphatic carbocycles. The van der Waals surface area contributed by atoms with Gasteiger partial charge in [-0.2, -0.15) is 0 Å². The molecule has 1 aliphatic rings. The zero-order valence-electron chi connectivity index (χ0n) is 6.90. The summed E-state index contributed by atoms with van der Waals surface area (Å²) in [7, 11) is 0. The second-order valence-corrected chi connectivity index (χ2v) is 3.83. The van der Waals surface area contributed by atoms with Crippen LogP contribution in [0, 0.1) is 5.92 Å². The molecule has 0 aromatic rings. The standard InChI is InChI=1S/C8H14F2O/c1-6-3-4-8(9,10)5-7(6,2)11/h6,11H,3-5H2,1-2H3. The van der Waals surface area contributed by atoms with Gasteiger partial charge >= 0.3 is 0 Å². The van der Waals surface area contributed by atoms with E-state index in [1.165, 1.54) is 6.92 Å². The number of alkyl halides is 2. The van der Waals surface area contributed by atoms with Crippen molar-refractivity contribution in [1.29, 1.82) is 0 Å². The highest BCUT2D eigenvalue weighted by molar-refractivity contribution is 4.91. The van der Waals surface area contributed by atoms with Crippen LogP contribution < -0.4 is 0 Å². The lowest BCUT2D eigenvalue weighted by atomic mass is 9.76. The Hall–Kier alpha value is -0.180. The van der Waals surface area contributed by atoms with Crippen molar-refractivity contribution in [2.45, 2.75) is 44.6 Å². The van der Waals surface area contributed by atoms with Crippen LogP contribution in [0.25, 0.3) is 0 Å². The molecule has 1 nitrogen and oxygen atoms in total. The van der Waals surface area contributed by atoms with Crippen LogP contribution in [0.3, 0.4) is 0 Å². The Morgan fingerprint density at radius 1 is 1.45 bits per heavy atom. The summed E-state index contributed by atoms with van der Waals surface area (Å²) in [6.07, 6.45) is -0.0501. The van der Waals surface area contributed by atoms with E-state index >= 15 is 0 Å². The second-order valence-electron chi connectivity index (χ2n) is 3.83. The molecular formula is C8H14F2O. The van der Waals surface area contributed by atoms with E-state index in [1.54, 1.807) is 0 Å². The van der Waals surface area contributed by atoms with Crippen LogP contribution in [0.5, 0.6) is 0 Å². The molecule has 2 atom stereocenters. The summed E-state index contributed by atoms with van der Waals surface area (Å²) < 4.78 is 25.4. The van der Waals surface area contributed by atoms with Crippen LogP contribution in [0.1, 0.15) is 33.1 Å². The Kier molecular flexibility index (Phi) is 1.95. The van der Waals surface area contributed by atoms with Gasteiger partial charge < -0.3 is 5.11 Å². The molecular weight excluding hydrogens is 150 g/mol. The third-order valence-corrected chi connectivity index (χ3v) is 2.62. The minimum atomic E-state index is -2.66. The predicted molar refractivity (Wildman–Crippen MR) is 38.6 cm³/mol. The summed E-state index contributed by atoms with van der Waals surface area (Å²) in [5, 5.41) is 9.50. The third kappa shape index (κ3) is 1.89. The summed E-state index contributed by atoms with van der Waals surface area (Å²) in [5.74, 6) is -2.67. The molecule has 1 N–H and O–H groups in total. The van der Waals surface area contributed by atoms with E-state index in [1.807, 2.05) is 6.92 Å². The molecule has 1 fully saturated rings. The van der Waals surface area contributed by atoms with Gasteiger partial charge in [0.15, 0.2) is 0 Å². The predicted octanol–water partition coefficient (Wildman–Crippen LogP) is 2.19. The van der Waals surface area contributed by atoms with Gasteiger partial charge in [-0.1, -0.05) is 6.92 Å². The van der Waals surface area contributed by atoms with E-state index in [4.69, 9.17) is 0 Å². The molecule has 0 amide bonds. The minimum Gasteiger partial charge on any atom is -0.390 e. The van der Waals surface area contributed by atoms with E-state index in [0.717, 1.165) is 0 Å². The van der Waals surface area contributed by atoms with Gasteiger partial charge in [0, 0.05) is 12.8 Å². The topological polar surface area (TPSA) is 20.2 Å². The quantitative estimate of drug-likeness (QED) is 0.582. The fourth-order valence-corrected chi connectivity index (χ4v) is 1.52. The molecule has 0 bridgehead atoms. The van der Waals surface area contributed by atoms with Crippen molar-refractivity contribution in [3.05, 3.63) is 0 Å². The molecule has 1 rings (SSSR count). The molecule has 3 heteroatoms. The van der Waals surface area contributed by atoms with Gasteiger partial charge in [-0.15, -0.1) is 0 Å². The molecule has 0 aromatic heterocycles. The Balaban J connectivity index is 2.67. The fraction of sp³-hybridized carbons (Fsp3) is 1.00. The lowest BCUT2D eigenvalue weighted by Gasteiger charge is -2.38. The first kappa shape index (κ1) is 8.91. The Morgan fingerprint density at radius 3 is 2.36 bits per heavy atom. The third-order valence-electron chi connectivity index (χ3n) is 2.62. The molecule has 0 radical (unpaired) electrons. The van der Waals surface area contributed by atoms with E-state index < -0.39 is 11.5 Å². The summed E-state index contributed by atoms with van der Waals surface area (Å²) in [6.45, 7) is 3.31. The van der Waals surface area contributed by atoms with Gasteiger partial charge in [0.05, 0.1) is 5.60 Å². The zero-order chi connectivity index (χ0) is 8.70. The summed E-state index contributed by atoms with van der Waals surface area (Å²) in [4.78, 5) is 0. The maximum Gasteiger partial charge on any atom is 0.250 e. The van der Waals surface area contributed by atoms with Gasteiger partial charge in [0.25, 0.3) is 5.92 Å². The molecule has 1 saturated carbocycles. The lowest BCUT2D eigenvalue weighted by Crippen LogP contribution is -2.44. The average molecular weight is 164 g/mol. The fourth-order valence-electron chi connectivity index (χ4n) is 1.52. The second kappa shape index (κ2) is 2.41. The summed E-state index contributed by atoms with van der Waals surface area (Å²) in [6, 6.07) is 0. The van der Waals surface area contributed by atoms with E-state index in [9.17, 15) is 13.9 Å². The lowest BCUT2D eigenvalue weighted by molar-refractivity contribution is -0.140. The first-order valence-electron chi connectivity index (χ1n) is 3.94. The van der Waals surface area contributed by atoms with Crippen LogP contribution >= 0.6 is 0 Å². The Morgan fingerprint density at radius 2 is 2.00 bits per heavy atom. The number of aliphatic hydroxyl groups is 1. The van der Waals surface area contributed by atoms with Gasteiger partial charge in [-0.25, -0.2) is 8.78 Å². The molecule has 0 aromatic carbocycles. The van der Waals surface area contributed by atoms with Crippen molar-refractivity contribution >= 4 is 0 Å². The largest absolute Gasteiger partial charge is 0.390 e. The minimum absolute atomic E-state index is 0.0119. The van der Waals surface area contributed by atoms with Crippen LogP contribution in [-0.2, 0) is 0 Å². The molecule has 0 aliphatic heterocycles. The average Bonchev–Trinajstić information content (AvgIpc) is 1.77. The highest BCUT2D eigenvalue weighted by Gasteiger charge is 2.45. The maximum absolute atomic E-state index is 12.7. The number of hydrogen-bond donors (Lipinski definition) is 1. The maximum atomic E-state index is 12.7. The van der Waals surface area contributed by atoms with Gasteiger partial charge in [0.1, 0.15) is 0 Å². The summed E-state index contributed by atoms with van der Waals surface area (Å²) >= 11 is 0. The van der Waals surface area contributed by atoms with Gasteiger partial charge in [-0.05, 0) is 19.3 Å². The van der Waals surface area contributed by atoms with Crippen molar-refractivity contribution in [3.8, 4) is 0 Å². The highest BCUT2D eigenvalue weighted by atomic mass is 19.3. The number of hydrogen-bond acceptors (Lipinski definition) is 1. The van der Waals surface area contributed by atoms with Gasteiger partial charge in [0.2, 0.25) is 0 Å². The highest BCUT2D eigenvalue weighted by Crippen LogP contribution is 2.41. The van der Waals surface area contributed by atoms with Crippen LogP contribution in [0.2, 0.25) is 0 Å². The van der Waals surface area contributed by atoms with Crippen molar-refractivity contribution in [1.82, 2.24) is 0 Å². The number of rotatable bonds is 0. The molecule has 11 heavy (non-hydrogen) atoms. The van der Waals surface area contributed by atoms with Crippen molar-refractivity contribution in [2.75, 3.05) is 0 Å². The Bertz CT molecular complexity index is 154. The molecule has 0 saturated heterocycles. The first-order chi connectivity index (χ1) is 4.83. The first-order valence-corrected chi connectivity index (χ1v) is 3.94. The zero-order valence-corrected chi connectivity index (χ0v) is 6.90. The molecule has 2 unspecified atom stereocenters. The van der Waals surface area contributed by atoms with Crippen molar-refractivity contribution < 1.29 is 13.9 Å². The Labute approximate surface area is 65.4 Å². The monoisotopic (exact) mass is 164 g/mol. The van der Waals surface area contributed by atoms with Crippen LogP contribution in [-0.4, -0.2) is 16.6 Å². The van der Waals surface area contributed by atoms with E-state index in [0.29, 0.717) is 6.42 Å². The van der Waals surface area contributed by atoms with Crippen LogP contribution in [0.15, 0.2) is 0 Å². The van der Waals surface area contributed by atoms with Crippen molar-refractivity contribution in [2.24, 2.45) is 5.92 Å². The number of halogens is 2. The van der Waals surface area contributed by atoms with Crippen molar-refractivity contribution in [3.63, 3.8) is 0 Å². The normalized spacial score (nSPS) is 43.9. The van der Waals surface area contributed by atoms with E-state index in [-0.39, 0.29) is 18.8 Å². The molecule has 66 valence electrons. The SMILES string of the molecule is CC1CCC(F)(F)CC1(C)O. The smallest absolute Gasteiger partial charge is 0.250 e. The molecule has 0 heterocycles. The van der Waals surface area contributed by atoms with E-state index in [2.05, 4.69) is 0 Å². The van der Waals surface area contributed by atoms with Crippen LogP contribution in [0.4, 0.5) is 8.78 Å². The molecule has 0 spiro atoms.